The third-order valence-electron chi connectivity index (χ3n) is 1.47. The molecule has 0 aromatic carbocycles. The largest absolute Gasteiger partial charge is 0.273 e. The molecule has 1 saturated heterocycles. The molecule has 3 nitrogen and oxygen atoms in total. The van der Waals surface area contributed by atoms with Crippen LogP contribution in [-0.4, -0.2) is 12.5 Å². The molecule has 1 unspecified atom stereocenters. The number of rotatable bonds is 2. The molecule has 52 valence electrons. The number of carbonyl (C=O) groups is 1. The lowest BCUT2D eigenvalue weighted by molar-refractivity contribution is -0.126. The molecule has 0 aromatic heterocycles. The number of nitrogens with one attached hydrogen (secondary N) is 1. The molecule has 0 bridgehead atoms. The summed E-state index contributed by atoms with van der Waals surface area (Å²) in [5, 5.41) is 0. The first-order valence-corrected chi connectivity index (χ1v) is 3.26. The zero-order valence-corrected chi connectivity index (χ0v) is 5.52. The van der Waals surface area contributed by atoms with E-state index in [-0.39, 0.29) is 11.8 Å². The average Bonchev–Trinajstić information content (AvgIpc) is 2.18. The Morgan fingerprint density at radius 2 is 2.67 bits per heavy atom. The molecule has 1 rings (SSSR count). The van der Waals surface area contributed by atoms with Gasteiger partial charge >= 0.3 is 0 Å². The molecule has 0 spiro atoms. The highest BCUT2D eigenvalue weighted by Crippen LogP contribution is 2.10. The number of hydrogen-bond donors (Lipinski definition) is 1. The van der Waals surface area contributed by atoms with Crippen molar-refractivity contribution >= 4 is 5.91 Å². The summed E-state index contributed by atoms with van der Waals surface area (Å²) in [6.45, 7) is 2.61. The molecule has 3 heteroatoms. The molecule has 0 aliphatic carbocycles. The molecule has 1 N–H and O–H groups in total. The van der Waals surface area contributed by atoms with Gasteiger partial charge in [0, 0.05) is 0 Å². The van der Waals surface area contributed by atoms with E-state index in [0.717, 1.165) is 12.8 Å². The van der Waals surface area contributed by atoms with Crippen LogP contribution in [0.2, 0.25) is 0 Å². The second-order valence-corrected chi connectivity index (χ2v) is 2.26. The van der Waals surface area contributed by atoms with Crippen molar-refractivity contribution in [2.75, 3.05) is 6.61 Å². The Labute approximate surface area is 54.3 Å². The summed E-state index contributed by atoms with van der Waals surface area (Å²) in [6.07, 6.45) is 1.98. The Balaban J connectivity index is 2.31. The SMILES string of the molecule is CCCC1CONC1=O. The summed E-state index contributed by atoms with van der Waals surface area (Å²) >= 11 is 0. The first kappa shape index (κ1) is 6.55. The van der Waals surface area contributed by atoms with E-state index in [1.54, 1.807) is 0 Å². The first-order valence-electron chi connectivity index (χ1n) is 3.26. The molecule has 1 heterocycles. The second kappa shape index (κ2) is 2.82. The van der Waals surface area contributed by atoms with E-state index in [1.165, 1.54) is 0 Å². The normalized spacial score (nSPS) is 26.3. The Morgan fingerprint density at radius 3 is 3.11 bits per heavy atom. The minimum Gasteiger partial charge on any atom is -0.273 e. The van der Waals surface area contributed by atoms with Gasteiger partial charge in [-0.2, -0.15) is 0 Å². The maximum atomic E-state index is 10.7. The highest BCUT2D eigenvalue weighted by Gasteiger charge is 2.23. The van der Waals surface area contributed by atoms with Crippen LogP contribution in [0, 0.1) is 5.92 Å². The van der Waals surface area contributed by atoms with Crippen LogP contribution < -0.4 is 5.48 Å². The number of hydrogen-bond acceptors (Lipinski definition) is 2. The molecule has 1 aliphatic heterocycles. The molecule has 1 amide bonds. The van der Waals surface area contributed by atoms with E-state index < -0.39 is 0 Å². The summed E-state index contributed by atoms with van der Waals surface area (Å²) in [6, 6.07) is 0. The van der Waals surface area contributed by atoms with E-state index in [1.807, 2.05) is 0 Å². The van der Waals surface area contributed by atoms with Gasteiger partial charge < -0.3 is 0 Å². The van der Waals surface area contributed by atoms with Crippen molar-refractivity contribution in [3.8, 4) is 0 Å². The standard InChI is InChI=1S/C6H11NO2/c1-2-3-5-4-9-7-6(5)8/h5H,2-4H2,1H3,(H,7,8). The molecule has 1 atom stereocenters. The van der Waals surface area contributed by atoms with Crippen LogP contribution in [0.25, 0.3) is 0 Å². The Hall–Kier alpha value is -0.570. The quantitative estimate of drug-likeness (QED) is 0.588. The van der Waals surface area contributed by atoms with Crippen molar-refractivity contribution in [2.24, 2.45) is 5.92 Å². The van der Waals surface area contributed by atoms with Crippen LogP contribution in [0.1, 0.15) is 19.8 Å². The van der Waals surface area contributed by atoms with Crippen LogP contribution in [0.3, 0.4) is 0 Å². The monoisotopic (exact) mass is 129 g/mol. The van der Waals surface area contributed by atoms with Gasteiger partial charge in [-0.1, -0.05) is 13.3 Å². The average molecular weight is 129 g/mol. The molecule has 9 heavy (non-hydrogen) atoms. The number of carbonyl (C=O) groups excluding carboxylic acids is 1. The van der Waals surface area contributed by atoms with Gasteiger partial charge in [-0.3, -0.25) is 9.63 Å². The van der Waals surface area contributed by atoms with E-state index in [4.69, 9.17) is 4.84 Å². The van der Waals surface area contributed by atoms with Crippen molar-refractivity contribution in [3.05, 3.63) is 0 Å². The van der Waals surface area contributed by atoms with Crippen molar-refractivity contribution in [1.82, 2.24) is 5.48 Å². The third kappa shape index (κ3) is 1.42. The van der Waals surface area contributed by atoms with Crippen molar-refractivity contribution in [3.63, 3.8) is 0 Å². The van der Waals surface area contributed by atoms with Crippen molar-refractivity contribution in [1.29, 1.82) is 0 Å². The Morgan fingerprint density at radius 1 is 1.89 bits per heavy atom. The fourth-order valence-electron chi connectivity index (χ4n) is 0.935. The molecular weight excluding hydrogens is 118 g/mol. The van der Waals surface area contributed by atoms with Gasteiger partial charge in [0.25, 0.3) is 0 Å². The van der Waals surface area contributed by atoms with Crippen molar-refractivity contribution in [2.45, 2.75) is 19.8 Å². The van der Waals surface area contributed by atoms with E-state index in [9.17, 15) is 4.79 Å². The predicted molar refractivity (Wildman–Crippen MR) is 32.5 cm³/mol. The van der Waals surface area contributed by atoms with Crippen LogP contribution >= 0.6 is 0 Å². The van der Waals surface area contributed by atoms with Gasteiger partial charge in [-0.05, 0) is 6.42 Å². The zero-order chi connectivity index (χ0) is 6.69. The minimum atomic E-state index is 0.0388. The summed E-state index contributed by atoms with van der Waals surface area (Å²) in [7, 11) is 0. The minimum absolute atomic E-state index is 0.0388. The van der Waals surface area contributed by atoms with Gasteiger partial charge in [-0.15, -0.1) is 0 Å². The van der Waals surface area contributed by atoms with Crippen LogP contribution in [0.4, 0.5) is 0 Å². The van der Waals surface area contributed by atoms with Gasteiger partial charge in [0.15, 0.2) is 0 Å². The molecule has 1 aliphatic rings. The highest BCUT2D eigenvalue weighted by atomic mass is 16.7. The van der Waals surface area contributed by atoms with Crippen LogP contribution in [0.15, 0.2) is 0 Å². The maximum absolute atomic E-state index is 10.7. The molecule has 0 aromatic rings. The van der Waals surface area contributed by atoms with Crippen LogP contribution in [-0.2, 0) is 9.63 Å². The fraction of sp³-hybridized carbons (Fsp3) is 0.833. The maximum Gasteiger partial charge on any atom is 0.249 e. The van der Waals surface area contributed by atoms with E-state index >= 15 is 0 Å². The molecule has 1 fully saturated rings. The van der Waals surface area contributed by atoms with Gasteiger partial charge in [0.1, 0.15) is 0 Å². The second-order valence-electron chi connectivity index (χ2n) is 2.26. The smallest absolute Gasteiger partial charge is 0.249 e. The Kier molecular flexibility index (Phi) is 2.05. The Bertz CT molecular complexity index is 114. The lowest BCUT2D eigenvalue weighted by Crippen LogP contribution is -2.18. The van der Waals surface area contributed by atoms with Gasteiger partial charge in [0.2, 0.25) is 5.91 Å². The highest BCUT2D eigenvalue weighted by molar-refractivity contribution is 5.78. The molecule has 0 radical (unpaired) electrons. The molecule has 0 saturated carbocycles. The zero-order valence-electron chi connectivity index (χ0n) is 5.52. The van der Waals surface area contributed by atoms with Gasteiger partial charge in [0.05, 0.1) is 12.5 Å². The summed E-state index contributed by atoms with van der Waals surface area (Å²) in [5.74, 6) is 0.145. The molecular formula is C6H11NO2. The summed E-state index contributed by atoms with van der Waals surface area (Å²) in [5.41, 5.74) is 2.32. The summed E-state index contributed by atoms with van der Waals surface area (Å²) in [4.78, 5) is 15.5. The lowest BCUT2D eigenvalue weighted by atomic mass is 10.1. The van der Waals surface area contributed by atoms with Gasteiger partial charge in [-0.25, -0.2) is 5.48 Å². The third-order valence-corrected chi connectivity index (χ3v) is 1.47. The topological polar surface area (TPSA) is 38.3 Å². The lowest BCUT2D eigenvalue weighted by Gasteiger charge is -1.98. The predicted octanol–water partition coefficient (Wildman–Crippen LogP) is 0.464. The van der Waals surface area contributed by atoms with E-state index in [2.05, 4.69) is 12.4 Å². The fourth-order valence-corrected chi connectivity index (χ4v) is 0.935. The first-order chi connectivity index (χ1) is 4.34. The van der Waals surface area contributed by atoms with Crippen LogP contribution in [0.5, 0.6) is 0 Å². The number of amides is 1. The number of hydroxylamine groups is 1. The van der Waals surface area contributed by atoms with Crippen molar-refractivity contribution < 1.29 is 9.63 Å². The van der Waals surface area contributed by atoms with E-state index in [0.29, 0.717) is 6.61 Å². The summed E-state index contributed by atoms with van der Waals surface area (Å²) < 4.78 is 0.